The molecule has 0 aromatic carbocycles. The van der Waals surface area contributed by atoms with Gasteiger partial charge in [0.15, 0.2) is 0 Å². The first-order chi connectivity index (χ1) is 5.17. The Kier molecular flexibility index (Phi) is 3.12. The third-order valence-corrected chi connectivity index (χ3v) is 3.76. The number of hydrogen-bond acceptors (Lipinski definition) is 3. The van der Waals surface area contributed by atoms with Gasteiger partial charge >= 0.3 is 0 Å². The molecule has 0 bridgehead atoms. The molecule has 0 saturated carbocycles. The average Bonchev–Trinajstić information content (AvgIpc) is 2.06. The molecule has 0 atom stereocenters. The van der Waals surface area contributed by atoms with Crippen molar-refractivity contribution >= 4 is 21.6 Å². The summed E-state index contributed by atoms with van der Waals surface area (Å²) in [6.45, 7) is 1.79. The highest BCUT2D eigenvalue weighted by Crippen LogP contribution is 2.06. The fourth-order valence-electron chi connectivity index (χ4n) is 0.894. The molecule has 1 aliphatic rings. The van der Waals surface area contributed by atoms with Crippen molar-refractivity contribution in [2.24, 2.45) is 0 Å². The summed E-state index contributed by atoms with van der Waals surface area (Å²) in [6, 6.07) is 0. The second kappa shape index (κ2) is 3.71. The van der Waals surface area contributed by atoms with Gasteiger partial charge in [0.25, 0.3) is 0 Å². The number of sulfonamides is 1. The minimum atomic E-state index is -3.20. The van der Waals surface area contributed by atoms with Crippen LogP contribution < -0.4 is 0 Å². The zero-order chi connectivity index (χ0) is 8.32. The van der Waals surface area contributed by atoms with Gasteiger partial charge in [0, 0.05) is 13.1 Å². The minimum Gasteiger partial charge on any atom is -0.379 e. The molecule has 0 aliphatic carbocycles. The van der Waals surface area contributed by atoms with E-state index in [0.717, 1.165) is 0 Å². The molecular formula is C5H10ClNO3S. The molecule has 4 nitrogen and oxygen atoms in total. The molecule has 11 heavy (non-hydrogen) atoms. The lowest BCUT2D eigenvalue weighted by Crippen LogP contribution is -2.41. The summed E-state index contributed by atoms with van der Waals surface area (Å²) in [7, 11) is -3.20. The predicted molar refractivity (Wildman–Crippen MR) is 42.0 cm³/mol. The van der Waals surface area contributed by atoms with Crippen molar-refractivity contribution in [1.82, 2.24) is 4.31 Å². The van der Waals surface area contributed by atoms with Crippen molar-refractivity contribution in [1.29, 1.82) is 0 Å². The number of rotatable bonds is 2. The van der Waals surface area contributed by atoms with E-state index in [4.69, 9.17) is 16.3 Å². The molecule has 0 unspecified atom stereocenters. The average molecular weight is 200 g/mol. The molecule has 1 rings (SSSR count). The van der Waals surface area contributed by atoms with Crippen LogP contribution >= 0.6 is 11.6 Å². The summed E-state index contributed by atoms with van der Waals surface area (Å²) in [4.78, 5) is 0. The molecule has 6 heteroatoms. The van der Waals surface area contributed by atoms with E-state index < -0.39 is 10.0 Å². The number of nitrogens with zero attached hydrogens (tertiary/aromatic N) is 1. The van der Waals surface area contributed by atoms with E-state index >= 15 is 0 Å². The van der Waals surface area contributed by atoms with Crippen molar-refractivity contribution in [2.75, 3.05) is 31.5 Å². The highest BCUT2D eigenvalue weighted by Gasteiger charge is 2.22. The zero-order valence-corrected chi connectivity index (χ0v) is 7.57. The third-order valence-electron chi connectivity index (χ3n) is 1.50. The maximum Gasteiger partial charge on any atom is 0.228 e. The highest BCUT2D eigenvalue weighted by atomic mass is 35.5. The molecule has 0 N–H and O–H groups in total. The van der Waals surface area contributed by atoms with Gasteiger partial charge in [-0.3, -0.25) is 0 Å². The van der Waals surface area contributed by atoms with Crippen molar-refractivity contribution in [3.05, 3.63) is 0 Å². The number of alkyl halides is 1. The fraction of sp³-hybridized carbons (Fsp3) is 1.00. The van der Waals surface area contributed by atoms with Crippen LogP contribution in [0.15, 0.2) is 0 Å². The Balaban J connectivity index is 2.58. The van der Waals surface area contributed by atoms with Crippen molar-refractivity contribution < 1.29 is 13.2 Å². The Morgan fingerprint density at radius 3 is 2.36 bits per heavy atom. The van der Waals surface area contributed by atoms with E-state index in [1.54, 1.807) is 0 Å². The number of ether oxygens (including phenoxy) is 1. The molecule has 0 radical (unpaired) electrons. The van der Waals surface area contributed by atoms with Crippen LogP contribution in [-0.2, 0) is 14.8 Å². The first-order valence-electron chi connectivity index (χ1n) is 3.28. The fourth-order valence-corrected chi connectivity index (χ4v) is 2.15. The first-order valence-corrected chi connectivity index (χ1v) is 5.43. The van der Waals surface area contributed by atoms with E-state index in [9.17, 15) is 8.42 Å². The van der Waals surface area contributed by atoms with E-state index in [1.165, 1.54) is 4.31 Å². The Labute approximate surface area is 71.1 Å². The van der Waals surface area contributed by atoms with Crippen LogP contribution in [-0.4, -0.2) is 44.2 Å². The van der Waals surface area contributed by atoms with Crippen LogP contribution in [0.3, 0.4) is 0 Å². The van der Waals surface area contributed by atoms with E-state index in [-0.39, 0.29) is 5.21 Å². The molecule has 1 aliphatic heterocycles. The predicted octanol–water partition coefficient (Wildman–Crippen LogP) is -0.155. The quantitative estimate of drug-likeness (QED) is 0.581. The van der Waals surface area contributed by atoms with Gasteiger partial charge in [-0.15, -0.1) is 11.6 Å². The zero-order valence-electron chi connectivity index (χ0n) is 5.99. The van der Waals surface area contributed by atoms with E-state index in [2.05, 4.69) is 0 Å². The maximum atomic E-state index is 11.1. The van der Waals surface area contributed by atoms with Gasteiger partial charge in [-0.05, 0) is 0 Å². The molecule has 0 aromatic rings. The van der Waals surface area contributed by atoms with Gasteiger partial charge in [0.1, 0.15) is 5.21 Å². The lowest BCUT2D eigenvalue weighted by Gasteiger charge is -2.24. The Bertz CT molecular complexity index is 210. The lowest BCUT2D eigenvalue weighted by atomic mass is 10.5. The van der Waals surface area contributed by atoms with Crippen LogP contribution in [0.25, 0.3) is 0 Å². The molecule has 0 amide bonds. The first kappa shape index (κ1) is 9.25. The second-order valence-electron chi connectivity index (χ2n) is 2.23. The molecule has 0 aromatic heterocycles. The van der Waals surface area contributed by atoms with E-state index in [0.29, 0.717) is 26.3 Å². The van der Waals surface area contributed by atoms with E-state index in [1.807, 2.05) is 0 Å². The normalized spacial score (nSPS) is 21.9. The SMILES string of the molecule is O=S(=O)(CCl)N1CCOCC1. The van der Waals surface area contributed by atoms with Gasteiger partial charge < -0.3 is 4.74 Å². The molecular weight excluding hydrogens is 190 g/mol. The monoisotopic (exact) mass is 199 g/mol. The smallest absolute Gasteiger partial charge is 0.228 e. The Hall–Kier alpha value is 0.160. The summed E-state index contributed by atoms with van der Waals surface area (Å²) in [5.41, 5.74) is 0. The van der Waals surface area contributed by atoms with Crippen molar-refractivity contribution in [2.45, 2.75) is 0 Å². The summed E-state index contributed by atoms with van der Waals surface area (Å²) >= 11 is 5.26. The van der Waals surface area contributed by atoms with Crippen LogP contribution in [0.5, 0.6) is 0 Å². The second-order valence-corrected chi connectivity index (χ2v) is 4.79. The Morgan fingerprint density at radius 2 is 1.91 bits per heavy atom. The highest BCUT2D eigenvalue weighted by molar-refractivity contribution is 7.90. The van der Waals surface area contributed by atoms with Gasteiger partial charge in [0.2, 0.25) is 10.0 Å². The van der Waals surface area contributed by atoms with Gasteiger partial charge in [-0.1, -0.05) is 0 Å². The maximum absolute atomic E-state index is 11.1. The van der Waals surface area contributed by atoms with Crippen molar-refractivity contribution in [3.63, 3.8) is 0 Å². The summed E-state index contributed by atoms with van der Waals surface area (Å²) in [5, 5.41) is -0.340. The van der Waals surface area contributed by atoms with Gasteiger partial charge in [0.05, 0.1) is 13.2 Å². The largest absolute Gasteiger partial charge is 0.379 e. The van der Waals surface area contributed by atoms with Crippen LogP contribution in [0.1, 0.15) is 0 Å². The van der Waals surface area contributed by atoms with Crippen LogP contribution in [0, 0.1) is 0 Å². The van der Waals surface area contributed by atoms with Crippen LogP contribution in [0.2, 0.25) is 0 Å². The number of morpholine rings is 1. The molecule has 0 spiro atoms. The summed E-state index contributed by atoms with van der Waals surface area (Å²) in [6.07, 6.45) is 0. The number of halogens is 1. The van der Waals surface area contributed by atoms with Crippen molar-refractivity contribution in [3.8, 4) is 0 Å². The molecule has 1 saturated heterocycles. The topological polar surface area (TPSA) is 46.6 Å². The summed E-state index contributed by atoms with van der Waals surface area (Å²) < 4.78 is 28.5. The molecule has 1 fully saturated rings. The lowest BCUT2D eigenvalue weighted by molar-refractivity contribution is 0.0732. The van der Waals surface area contributed by atoms with Gasteiger partial charge in [-0.2, -0.15) is 4.31 Å². The standard InChI is InChI=1S/C5H10ClNO3S/c6-5-11(8,9)7-1-3-10-4-2-7/h1-5H2. The Morgan fingerprint density at radius 1 is 1.36 bits per heavy atom. The molecule has 66 valence electrons. The minimum absolute atomic E-state index is 0.340. The third kappa shape index (κ3) is 2.30. The van der Waals surface area contributed by atoms with Crippen LogP contribution in [0.4, 0.5) is 0 Å². The number of hydrogen-bond donors (Lipinski definition) is 0. The molecule has 1 heterocycles. The van der Waals surface area contributed by atoms with Gasteiger partial charge in [-0.25, -0.2) is 8.42 Å². The summed E-state index contributed by atoms with van der Waals surface area (Å²) in [5.74, 6) is 0.